The number of carbonyl (C=O) groups excluding carboxylic acids is 1. The first kappa shape index (κ1) is 17.6. The minimum Gasteiger partial charge on any atom is -0.348 e. The molecule has 1 aliphatic heterocycles. The Morgan fingerprint density at radius 3 is 2.32 bits per heavy atom. The van der Waals surface area contributed by atoms with Gasteiger partial charge in [-0.2, -0.15) is 4.31 Å². The SMILES string of the molecule is C[C@@H](NC(=O)[C@H]1CCCN1S(=O)(=O)c1ccccc1)c1ccccc1. The fourth-order valence-corrected chi connectivity index (χ4v) is 4.83. The lowest BCUT2D eigenvalue weighted by molar-refractivity contribution is -0.124. The topological polar surface area (TPSA) is 66.5 Å². The monoisotopic (exact) mass is 358 g/mol. The lowest BCUT2D eigenvalue weighted by Gasteiger charge is -2.25. The third-order valence-electron chi connectivity index (χ3n) is 4.51. The van der Waals surface area contributed by atoms with Crippen LogP contribution in [0.15, 0.2) is 65.6 Å². The first-order valence-electron chi connectivity index (χ1n) is 8.42. The van der Waals surface area contributed by atoms with E-state index in [4.69, 9.17) is 0 Å². The Balaban J connectivity index is 1.76. The number of rotatable bonds is 5. The van der Waals surface area contributed by atoms with Crippen molar-refractivity contribution in [1.29, 1.82) is 0 Å². The van der Waals surface area contributed by atoms with Crippen LogP contribution in [0.25, 0.3) is 0 Å². The summed E-state index contributed by atoms with van der Waals surface area (Å²) >= 11 is 0. The fraction of sp³-hybridized carbons (Fsp3) is 0.316. The Morgan fingerprint density at radius 2 is 1.68 bits per heavy atom. The van der Waals surface area contributed by atoms with Crippen molar-refractivity contribution in [3.63, 3.8) is 0 Å². The predicted molar refractivity (Wildman–Crippen MR) is 96.4 cm³/mol. The first-order valence-corrected chi connectivity index (χ1v) is 9.86. The van der Waals surface area contributed by atoms with Gasteiger partial charge in [0, 0.05) is 6.54 Å². The van der Waals surface area contributed by atoms with Gasteiger partial charge in [0.2, 0.25) is 15.9 Å². The third-order valence-corrected chi connectivity index (χ3v) is 6.44. The molecule has 25 heavy (non-hydrogen) atoms. The molecule has 0 spiro atoms. The molecule has 0 radical (unpaired) electrons. The van der Waals surface area contributed by atoms with Crippen LogP contribution in [0.1, 0.15) is 31.4 Å². The van der Waals surface area contributed by atoms with Gasteiger partial charge in [0.05, 0.1) is 10.9 Å². The molecule has 6 heteroatoms. The molecule has 1 fully saturated rings. The van der Waals surface area contributed by atoms with E-state index in [0.29, 0.717) is 19.4 Å². The first-order chi connectivity index (χ1) is 12.0. The van der Waals surface area contributed by atoms with Crippen LogP contribution in [0.5, 0.6) is 0 Å². The molecule has 0 bridgehead atoms. The Kier molecular flexibility index (Phi) is 5.20. The summed E-state index contributed by atoms with van der Waals surface area (Å²) in [5, 5.41) is 2.95. The van der Waals surface area contributed by atoms with Crippen LogP contribution >= 0.6 is 0 Å². The average Bonchev–Trinajstić information content (AvgIpc) is 3.14. The molecule has 0 unspecified atom stereocenters. The molecule has 0 aromatic heterocycles. The second kappa shape index (κ2) is 7.37. The zero-order valence-corrected chi connectivity index (χ0v) is 14.9. The van der Waals surface area contributed by atoms with E-state index in [0.717, 1.165) is 5.56 Å². The predicted octanol–water partition coefficient (Wildman–Crippen LogP) is 2.72. The summed E-state index contributed by atoms with van der Waals surface area (Å²) in [6.45, 7) is 2.27. The van der Waals surface area contributed by atoms with E-state index in [1.54, 1.807) is 30.3 Å². The molecular formula is C19H22N2O3S. The third kappa shape index (κ3) is 3.75. The largest absolute Gasteiger partial charge is 0.348 e. The van der Waals surface area contributed by atoms with E-state index in [1.807, 2.05) is 37.3 Å². The van der Waals surface area contributed by atoms with Crippen LogP contribution in [-0.2, 0) is 14.8 Å². The quantitative estimate of drug-likeness (QED) is 0.894. The summed E-state index contributed by atoms with van der Waals surface area (Å²) in [6.07, 6.45) is 1.23. The van der Waals surface area contributed by atoms with E-state index in [2.05, 4.69) is 5.32 Å². The standard InChI is InChI=1S/C19H22N2O3S/c1-15(16-9-4-2-5-10-16)20-19(22)18-13-8-14-21(18)25(23,24)17-11-6-3-7-12-17/h2-7,9-12,15,18H,8,13-14H2,1H3,(H,20,22)/t15-,18-/m1/s1. The molecule has 1 heterocycles. The highest BCUT2D eigenvalue weighted by molar-refractivity contribution is 7.89. The van der Waals surface area contributed by atoms with Gasteiger partial charge in [0.15, 0.2) is 0 Å². The van der Waals surface area contributed by atoms with Gasteiger partial charge in [0.1, 0.15) is 6.04 Å². The van der Waals surface area contributed by atoms with Crippen molar-refractivity contribution >= 4 is 15.9 Å². The second-order valence-electron chi connectivity index (χ2n) is 6.23. The number of sulfonamides is 1. The lowest BCUT2D eigenvalue weighted by atomic mass is 10.1. The molecule has 132 valence electrons. The summed E-state index contributed by atoms with van der Waals surface area (Å²) in [5.74, 6) is -0.242. The van der Waals surface area contributed by atoms with Crippen LogP contribution < -0.4 is 5.32 Å². The number of hydrogen-bond donors (Lipinski definition) is 1. The highest BCUT2D eigenvalue weighted by atomic mass is 32.2. The van der Waals surface area contributed by atoms with E-state index in [1.165, 1.54) is 4.31 Å². The molecule has 0 aliphatic carbocycles. The van der Waals surface area contributed by atoms with Gasteiger partial charge >= 0.3 is 0 Å². The molecule has 1 saturated heterocycles. The Hall–Kier alpha value is -2.18. The Morgan fingerprint density at radius 1 is 1.08 bits per heavy atom. The minimum absolute atomic E-state index is 0.171. The van der Waals surface area contributed by atoms with E-state index in [-0.39, 0.29) is 16.8 Å². The second-order valence-corrected chi connectivity index (χ2v) is 8.12. The zero-order valence-electron chi connectivity index (χ0n) is 14.1. The minimum atomic E-state index is -3.66. The van der Waals surface area contributed by atoms with Crippen molar-refractivity contribution in [3.8, 4) is 0 Å². The number of amides is 1. The summed E-state index contributed by atoms with van der Waals surface area (Å²) in [5.41, 5.74) is 0.992. The van der Waals surface area contributed by atoms with Crippen LogP contribution in [0.3, 0.4) is 0 Å². The van der Waals surface area contributed by atoms with Crippen LogP contribution in [0.2, 0.25) is 0 Å². The highest BCUT2D eigenvalue weighted by Gasteiger charge is 2.39. The van der Waals surface area contributed by atoms with E-state index < -0.39 is 16.1 Å². The Bertz CT molecular complexity index is 822. The zero-order chi connectivity index (χ0) is 17.9. The summed E-state index contributed by atoms with van der Waals surface area (Å²) < 4.78 is 27.0. The molecule has 3 rings (SSSR count). The van der Waals surface area contributed by atoms with Gasteiger partial charge in [-0.15, -0.1) is 0 Å². The van der Waals surface area contributed by atoms with E-state index >= 15 is 0 Å². The summed E-state index contributed by atoms with van der Waals surface area (Å²) in [6, 6.07) is 17.1. The molecule has 0 saturated carbocycles. The van der Waals surface area contributed by atoms with Crippen molar-refractivity contribution < 1.29 is 13.2 Å². The van der Waals surface area contributed by atoms with Crippen LogP contribution in [0, 0.1) is 0 Å². The summed E-state index contributed by atoms with van der Waals surface area (Å²) in [7, 11) is -3.66. The number of hydrogen-bond acceptors (Lipinski definition) is 3. The number of benzene rings is 2. The molecule has 2 aromatic carbocycles. The van der Waals surface area contributed by atoms with Gasteiger partial charge < -0.3 is 5.32 Å². The number of nitrogens with zero attached hydrogens (tertiary/aromatic N) is 1. The van der Waals surface area contributed by atoms with Gasteiger partial charge in [-0.3, -0.25) is 4.79 Å². The van der Waals surface area contributed by atoms with E-state index in [9.17, 15) is 13.2 Å². The van der Waals surface area contributed by atoms with Crippen molar-refractivity contribution in [2.45, 2.75) is 36.7 Å². The number of nitrogens with one attached hydrogen (secondary N) is 1. The van der Waals surface area contributed by atoms with Gasteiger partial charge in [-0.1, -0.05) is 48.5 Å². The smallest absolute Gasteiger partial charge is 0.243 e. The van der Waals surface area contributed by atoms with Crippen molar-refractivity contribution in [3.05, 3.63) is 66.2 Å². The molecule has 2 atom stereocenters. The van der Waals surface area contributed by atoms with Crippen molar-refractivity contribution in [2.24, 2.45) is 0 Å². The van der Waals surface area contributed by atoms with Crippen molar-refractivity contribution in [2.75, 3.05) is 6.54 Å². The maximum atomic E-state index is 12.9. The molecule has 5 nitrogen and oxygen atoms in total. The van der Waals surface area contributed by atoms with Gasteiger partial charge in [-0.05, 0) is 37.5 Å². The molecule has 1 amide bonds. The fourth-order valence-electron chi connectivity index (χ4n) is 3.15. The summed E-state index contributed by atoms with van der Waals surface area (Å²) in [4.78, 5) is 12.9. The molecular weight excluding hydrogens is 336 g/mol. The van der Waals surface area contributed by atoms with Crippen molar-refractivity contribution in [1.82, 2.24) is 9.62 Å². The highest BCUT2D eigenvalue weighted by Crippen LogP contribution is 2.26. The van der Waals surface area contributed by atoms with Gasteiger partial charge in [-0.25, -0.2) is 8.42 Å². The molecule has 1 N–H and O–H groups in total. The Labute approximate surface area is 148 Å². The molecule has 1 aliphatic rings. The normalized spacial score (nSPS) is 19.5. The maximum absolute atomic E-state index is 12.9. The molecule has 2 aromatic rings. The van der Waals surface area contributed by atoms with Gasteiger partial charge in [0.25, 0.3) is 0 Å². The lowest BCUT2D eigenvalue weighted by Crippen LogP contribution is -2.46. The average molecular weight is 358 g/mol. The van der Waals surface area contributed by atoms with Crippen LogP contribution in [0.4, 0.5) is 0 Å². The van der Waals surface area contributed by atoms with Crippen LogP contribution in [-0.4, -0.2) is 31.2 Å². The maximum Gasteiger partial charge on any atom is 0.243 e. The number of carbonyl (C=O) groups is 1.